The van der Waals surface area contributed by atoms with Crippen molar-refractivity contribution < 1.29 is 8.83 Å². The maximum atomic E-state index is 6.58. The Morgan fingerprint density at radius 2 is 0.804 bits per heavy atom. The first-order chi connectivity index (χ1) is 27.7. The van der Waals surface area contributed by atoms with E-state index in [2.05, 4.69) is 138 Å². The highest BCUT2D eigenvalue weighted by Crippen LogP contribution is 2.42. The second-order valence-corrected chi connectivity index (χ2v) is 14.0. The van der Waals surface area contributed by atoms with Crippen molar-refractivity contribution in [1.82, 2.24) is 15.0 Å². The van der Waals surface area contributed by atoms with E-state index in [1.54, 1.807) is 12.4 Å². The van der Waals surface area contributed by atoms with Crippen LogP contribution in [0.2, 0.25) is 0 Å². The van der Waals surface area contributed by atoms with Gasteiger partial charge < -0.3 is 8.83 Å². The molecular weight excluding hydrogens is 687 g/mol. The van der Waals surface area contributed by atoms with Gasteiger partial charge in [0.25, 0.3) is 0 Å². The number of benzene rings is 7. The topological polar surface area (TPSA) is 65.0 Å². The lowest BCUT2D eigenvalue weighted by Crippen LogP contribution is -1.97. The van der Waals surface area contributed by atoms with Gasteiger partial charge in [0, 0.05) is 61.8 Å². The number of pyridine rings is 1. The first kappa shape index (κ1) is 31.9. The Labute approximate surface area is 322 Å². The van der Waals surface area contributed by atoms with Crippen molar-refractivity contribution in [2.24, 2.45) is 0 Å². The number of hydrogen-bond donors (Lipinski definition) is 0. The molecule has 0 amide bonds. The second kappa shape index (κ2) is 13.0. The molecule has 0 spiro atoms. The molecule has 0 bridgehead atoms. The van der Waals surface area contributed by atoms with Crippen molar-refractivity contribution >= 4 is 43.9 Å². The van der Waals surface area contributed by atoms with Crippen LogP contribution in [0.4, 0.5) is 0 Å². The van der Waals surface area contributed by atoms with Crippen molar-refractivity contribution in [1.29, 1.82) is 0 Å². The summed E-state index contributed by atoms with van der Waals surface area (Å²) < 4.78 is 13.2. The van der Waals surface area contributed by atoms with Crippen molar-refractivity contribution in [3.05, 3.63) is 188 Å². The number of fused-ring (bicyclic) bond motifs is 6. The smallest absolute Gasteiger partial charge is 0.160 e. The summed E-state index contributed by atoms with van der Waals surface area (Å²) in [5, 5.41) is 4.34. The predicted octanol–water partition coefficient (Wildman–Crippen LogP) is 13.7. The van der Waals surface area contributed by atoms with Gasteiger partial charge in [-0.25, -0.2) is 9.97 Å². The molecule has 4 heterocycles. The molecule has 0 radical (unpaired) electrons. The van der Waals surface area contributed by atoms with Crippen LogP contribution < -0.4 is 0 Å². The van der Waals surface area contributed by atoms with E-state index in [-0.39, 0.29) is 0 Å². The first-order valence-corrected chi connectivity index (χ1v) is 18.7. The average Bonchev–Trinajstić information content (AvgIpc) is 3.86. The lowest BCUT2D eigenvalue weighted by molar-refractivity contribution is 0.670. The van der Waals surface area contributed by atoms with Gasteiger partial charge in [-0.05, 0) is 70.8 Å². The third-order valence-electron chi connectivity index (χ3n) is 10.6. The SMILES string of the molecule is c1ccc(-c2ccc(-c3cc(-c4cc(-c5cccc6c5oc5ccccc56)cc(-c5cccc6c5oc5ccccc56)c4)nc(-c4ccncc4)n3)cc2)cc1. The molecule has 0 aliphatic rings. The van der Waals surface area contributed by atoms with Gasteiger partial charge in [-0.2, -0.15) is 0 Å². The number of nitrogens with zero attached hydrogens (tertiary/aromatic N) is 3. The zero-order valence-corrected chi connectivity index (χ0v) is 30.1. The Morgan fingerprint density at radius 3 is 1.41 bits per heavy atom. The maximum absolute atomic E-state index is 6.58. The Morgan fingerprint density at radius 1 is 0.321 bits per heavy atom. The molecule has 11 aromatic rings. The van der Waals surface area contributed by atoms with Crippen LogP contribution in [-0.4, -0.2) is 15.0 Å². The quantitative estimate of drug-likeness (QED) is 0.171. The van der Waals surface area contributed by atoms with Crippen molar-refractivity contribution in [2.45, 2.75) is 0 Å². The molecule has 4 aromatic heterocycles. The van der Waals surface area contributed by atoms with Crippen LogP contribution in [0.25, 0.3) is 111 Å². The predicted molar refractivity (Wildman–Crippen MR) is 227 cm³/mol. The summed E-state index contributed by atoms with van der Waals surface area (Å²) in [6.07, 6.45) is 3.56. The van der Waals surface area contributed by atoms with Crippen LogP contribution >= 0.6 is 0 Å². The van der Waals surface area contributed by atoms with Crippen LogP contribution in [0.3, 0.4) is 0 Å². The van der Waals surface area contributed by atoms with E-state index in [4.69, 9.17) is 18.8 Å². The van der Waals surface area contributed by atoms with Crippen LogP contribution in [0.5, 0.6) is 0 Å². The van der Waals surface area contributed by atoms with Crippen LogP contribution in [0, 0.1) is 0 Å². The number of aromatic nitrogens is 3. The Hall–Kier alpha value is -7.63. The van der Waals surface area contributed by atoms with E-state index >= 15 is 0 Å². The summed E-state index contributed by atoms with van der Waals surface area (Å²) in [6, 6.07) is 60.8. The van der Waals surface area contributed by atoms with Gasteiger partial charge in [0.2, 0.25) is 0 Å². The minimum Gasteiger partial charge on any atom is -0.455 e. The van der Waals surface area contributed by atoms with Gasteiger partial charge in [-0.1, -0.05) is 127 Å². The molecule has 7 aromatic carbocycles. The summed E-state index contributed by atoms with van der Waals surface area (Å²) >= 11 is 0. The zero-order valence-electron chi connectivity index (χ0n) is 30.1. The molecule has 0 atom stereocenters. The van der Waals surface area contributed by atoms with E-state index in [0.29, 0.717) is 5.82 Å². The molecule has 0 aliphatic carbocycles. The molecule has 56 heavy (non-hydrogen) atoms. The largest absolute Gasteiger partial charge is 0.455 e. The maximum Gasteiger partial charge on any atom is 0.160 e. The lowest BCUT2D eigenvalue weighted by atomic mass is 9.93. The van der Waals surface area contributed by atoms with Crippen molar-refractivity contribution in [2.75, 3.05) is 0 Å². The normalized spacial score (nSPS) is 11.6. The minimum absolute atomic E-state index is 0.623. The molecule has 262 valence electrons. The van der Waals surface area contributed by atoms with Crippen LogP contribution in [-0.2, 0) is 0 Å². The standard InChI is InChI=1S/C51H31N3O2/c1-2-10-32(11-3-1)33-20-22-34(23-21-33)45-31-46(54-51(53-45)35-24-26-52-27-25-35)38-29-36(39-14-8-16-43-41-12-4-6-18-47(41)55-49(39)43)28-37(30-38)40-15-9-17-44-42-13-5-7-19-48(42)56-50(40)44/h1-31H. The number of para-hydroxylation sites is 4. The highest BCUT2D eigenvalue weighted by molar-refractivity contribution is 6.11. The Bertz CT molecular complexity index is 3110. The van der Waals surface area contributed by atoms with Crippen molar-refractivity contribution in [3.8, 4) is 67.3 Å². The van der Waals surface area contributed by atoms with E-state index in [1.165, 1.54) is 5.56 Å². The minimum atomic E-state index is 0.623. The molecule has 0 aliphatic heterocycles. The summed E-state index contributed by atoms with van der Waals surface area (Å²) in [5.41, 5.74) is 14.2. The highest BCUT2D eigenvalue weighted by Gasteiger charge is 2.19. The summed E-state index contributed by atoms with van der Waals surface area (Å²) in [7, 11) is 0. The fraction of sp³-hybridized carbons (Fsp3) is 0. The highest BCUT2D eigenvalue weighted by atomic mass is 16.3. The van der Waals surface area contributed by atoms with Crippen LogP contribution in [0.1, 0.15) is 0 Å². The first-order valence-electron chi connectivity index (χ1n) is 18.7. The zero-order chi connectivity index (χ0) is 37.0. The Balaban J connectivity index is 1.15. The van der Waals surface area contributed by atoms with Crippen LogP contribution in [0.15, 0.2) is 197 Å². The molecular formula is C51H31N3O2. The van der Waals surface area contributed by atoms with Crippen molar-refractivity contribution in [3.63, 3.8) is 0 Å². The molecule has 0 N–H and O–H groups in total. The lowest BCUT2D eigenvalue weighted by Gasteiger charge is -2.14. The third-order valence-corrected chi connectivity index (χ3v) is 10.6. The monoisotopic (exact) mass is 717 g/mol. The van der Waals surface area contributed by atoms with E-state index in [9.17, 15) is 0 Å². The fourth-order valence-corrected chi connectivity index (χ4v) is 7.87. The number of hydrogen-bond acceptors (Lipinski definition) is 5. The van der Waals surface area contributed by atoms with E-state index < -0.39 is 0 Å². The molecule has 0 saturated carbocycles. The van der Waals surface area contributed by atoms with Gasteiger partial charge in [0.05, 0.1) is 11.4 Å². The van der Waals surface area contributed by atoms with Gasteiger partial charge in [-0.3, -0.25) is 4.98 Å². The van der Waals surface area contributed by atoms with E-state index in [1.807, 2.05) is 42.5 Å². The van der Waals surface area contributed by atoms with Gasteiger partial charge in [-0.15, -0.1) is 0 Å². The Kier molecular flexibility index (Phi) is 7.42. The number of furan rings is 2. The average molecular weight is 718 g/mol. The molecule has 5 nitrogen and oxygen atoms in total. The summed E-state index contributed by atoms with van der Waals surface area (Å²) in [6.45, 7) is 0. The molecule has 0 fully saturated rings. The summed E-state index contributed by atoms with van der Waals surface area (Å²) in [5.74, 6) is 0.623. The molecule has 11 rings (SSSR count). The van der Waals surface area contributed by atoms with E-state index in [0.717, 1.165) is 99.8 Å². The molecule has 0 unspecified atom stereocenters. The third kappa shape index (κ3) is 5.45. The summed E-state index contributed by atoms with van der Waals surface area (Å²) in [4.78, 5) is 14.6. The molecule has 5 heteroatoms. The van der Waals surface area contributed by atoms with Gasteiger partial charge >= 0.3 is 0 Å². The number of rotatable bonds is 6. The molecule has 0 saturated heterocycles. The fourth-order valence-electron chi connectivity index (χ4n) is 7.87. The van der Waals surface area contributed by atoms with Gasteiger partial charge in [0.15, 0.2) is 5.82 Å². The second-order valence-electron chi connectivity index (χ2n) is 14.0. The van der Waals surface area contributed by atoms with Gasteiger partial charge in [0.1, 0.15) is 22.3 Å².